The Morgan fingerprint density at radius 2 is 2.00 bits per heavy atom. The van der Waals surface area contributed by atoms with Crippen LogP contribution in [0.2, 0.25) is 0 Å². The predicted molar refractivity (Wildman–Crippen MR) is 83.5 cm³/mol. The van der Waals surface area contributed by atoms with Crippen LogP contribution < -0.4 is 14.8 Å². The molecule has 0 bridgehead atoms. The highest BCUT2D eigenvalue weighted by Gasteiger charge is 2.15. The van der Waals surface area contributed by atoms with Gasteiger partial charge in [0.25, 0.3) is 0 Å². The number of ether oxygens (including phenoxy) is 2. The molecule has 0 radical (unpaired) electrons. The van der Waals surface area contributed by atoms with Crippen LogP contribution in [-0.2, 0) is 6.54 Å². The van der Waals surface area contributed by atoms with Crippen molar-refractivity contribution in [2.75, 3.05) is 26.5 Å². The molecular weight excluding hydrogens is 258 g/mol. The molecule has 3 nitrogen and oxygen atoms in total. The molecule has 1 aromatic rings. The molecule has 0 aliphatic heterocycles. The van der Waals surface area contributed by atoms with Crippen molar-refractivity contribution in [3.63, 3.8) is 0 Å². The summed E-state index contributed by atoms with van der Waals surface area (Å²) in [6.07, 6.45) is 2.14. The van der Waals surface area contributed by atoms with Crippen LogP contribution in [0.15, 0.2) is 18.2 Å². The van der Waals surface area contributed by atoms with E-state index in [9.17, 15) is 0 Å². The third kappa shape index (κ3) is 5.33. The van der Waals surface area contributed by atoms with E-state index in [1.54, 1.807) is 7.11 Å². The number of thioether (sulfide) groups is 1. The van der Waals surface area contributed by atoms with Gasteiger partial charge in [-0.3, -0.25) is 0 Å². The van der Waals surface area contributed by atoms with E-state index in [-0.39, 0.29) is 4.75 Å². The van der Waals surface area contributed by atoms with Crippen molar-refractivity contribution in [3.05, 3.63) is 23.8 Å². The standard InChI is InChI=1S/C15H25NO2S/c1-6-18-13-8-7-12(9-14(13)17-4)10-16-11-15(2,3)19-5/h7-9,16H,6,10-11H2,1-5H3. The summed E-state index contributed by atoms with van der Waals surface area (Å²) in [4.78, 5) is 0. The van der Waals surface area contributed by atoms with Crippen LogP contribution in [0.4, 0.5) is 0 Å². The Morgan fingerprint density at radius 1 is 1.26 bits per heavy atom. The molecule has 108 valence electrons. The minimum absolute atomic E-state index is 0.259. The van der Waals surface area contributed by atoms with Crippen molar-refractivity contribution in [2.24, 2.45) is 0 Å². The van der Waals surface area contributed by atoms with Gasteiger partial charge in [0.15, 0.2) is 11.5 Å². The average molecular weight is 283 g/mol. The van der Waals surface area contributed by atoms with E-state index >= 15 is 0 Å². The SMILES string of the molecule is CCOc1ccc(CNCC(C)(C)SC)cc1OC. The number of hydrogen-bond acceptors (Lipinski definition) is 4. The summed E-state index contributed by atoms with van der Waals surface area (Å²) in [5.74, 6) is 1.60. The van der Waals surface area contributed by atoms with Crippen LogP contribution >= 0.6 is 11.8 Å². The molecule has 1 aromatic carbocycles. The molecule has 0 saturated heterocycles. The number of hydrogen-bond donors (Lipinski definition) is 1. The molecule has 1 rings (SSSR count). The highest BCUT2D eigenvalue weighted by Crippen LogP contribution is 2.28. The van der Waals surface area contributed by atoms with Gasteiger partial charge in [0, 0.05) is 17.8 Å². The molecule has 4 heteroatoms. The van der Waals surface area contributed by atoms with Gasteiger partial charge < -0.3 is 14.8 Å². The molecule has 0 spiro atoms. The molecule has 0 atom stereocenters. The van der Waals surface area contributed by atoms with Crippen LogP contribution in [0.1, 0.15) is 26.3 Å². The second kappa shape index (κ2) is 7.65. The first kappa shape index (κ1) is 16.2. The Morgan fingerprint density at radius 3 is 2.58 bits per heavy atom. The van der Waals surface area contributed by atoms with Crippen LogP contribution in [0.3, 0.4) is 0 Å². The lowest BCUT2D eigenvalue weighted by Crippen LogP contribution is -2.31. The maximum absolute atomic E-state index is 5.51. The van der Waals surface area contributed by atoms with Gasteiger partial charge in [-0.15, -0.1) is 0 Å². The Balaban J connectivity index is 2.60. The Labute approximate surface area is 121 Å². The number of rotatable bonds is 8. The lowest BCUT2D eigenvalue weighted by molar-refractivity contribution is 0.310. The van der Waals surface area contributed by atoms with Crippen molar-refractivity contribution < 1.29 is 9.47 Å². The van der Waals surface area contributed by atoms with Crippen molar-refractivity contribution in [2.45, 2.75) is 32.1 Å². The number of benzene rings is 1. The van der Waals surface area contributed by atoms with Gasteiger partial charge in [0.05, 0.1) is 13.7 Å². The van der Waals surface area contributed by atoms with Crippen molar-refractivity contribution in [1.29, 1.82) is 0 Å². The molecule has 0 aliphatic rings. The van der Waals surface area contributed by atoms with Gasteiger partial charge in [-0.2, -0.15) is 11.8 Å². The first-order valence-corrected chi connectivity index (χ1v) is 7.80. The fourth-order valence-corrected chi connectivity index (χ4v) is 1.92. The minimum atomic E-state index is 0.259. The summed E-state index contributed by atoms with van der Waals surface area (Å²) in [6.45, 7) is 8.92. The Kier molecular flexibility index (Phi) is 6.52. The highest BCUT2D eigenvalue weighted by molar-refractivity contribution is 7.99. The van der Waals surface area contributed by atoms with Crippen LogP contribution in [-0.4, -0.2) is 31.3 Å². The normalized spacial score (nSPS) is 11.4. The van der Waals surface area contributed by atoms with Gasteiger partial charge in [-0.25, -0.2) is 0 Å². The van der Waals surface area contributed by atoms with Crippen molar-refractivity contribution in [3.8, 4) is 11.5 Å². The summed E-state index contributed by atoms with van der Waals surface area (Å²) in [5.41, 5.74) is 1.21. The molecule has 0 fully saturated rings. The zero-order chi connectivity index (χ0) is 14.3. The molecule has 0 unspecified atom stereocenters. The molecule has 0 saturated carbocycles. The van der Waals surface area contributed by atoms with Crippen LogP contribution in [0, 0.1) is 0 Å². The van der Waals surface area contributed by atoms with E-state index in [1.807, 2.05) is 30.8 Å². The number of methoxy groups -OCH3 is 1. The monoisotopic (exact) mass is 283 g/mol. The molecule has 0 heterocycles. The second-order valence-corrected chi connectivity index (χ2v) is 6.50. The van der Waals surface area contributed by atoms with E-state index in [0.29, 0.717) is 6.61 Å². The second-order valence-electron chi connectivity index (χ2n) is 4.99. The fraction of sp³-hybridized carbons (Fsp3) is 0.600. The lowest BCUT2D eigenvalue weighted by Gasteiger charge is -2.22. The molecule has 0 aliphatic carbocycles. The molecular formula is C15H25NO2S. The van der Waals surface area contributed by atoms with E-state index < -0.39 is 0 Å². The Bertz CT molecular complexity index is 394. The Hall–Kier alpha value is -0.870. The van der Waals surface area contributed by atoms with E-state index in [4.69, 9.17) is 9.47 Å². The van der Waals surface area contributed by atoms with Crippen molar-refractivity contribution in [1.82, 2.24) is 5.32 Å². The summed E-state index contributed by atoms with van der Waals surface area (Å²) in [7, 11) is 1.67. The summed E-state index contributed by atoms with van der Waals surface area (Å²) in [5, 5.41) is 3.48. The number of nitrogens with one attached hydrogen (secondary N) is 1. The van der Waals surface area contributed by atoms with Gasteiger partial charge in [0.1, 0.15) is 0 Å². The largest absolute Gasteiger partial charge is 0.493 e. The van der Waals surface area contributed by atoms with Crippen LogP contribution in [0.5, 0.6) is 11.5 Å². The van der Waals surface area contributed by atoms with Gasteiger partial charge in [-0.05, 0) is 44.7 Å². The fourth-order valence-electron chi connectivity index (χ4n) is 1.68. The van der Waals surface area contributed by atoms with Gasteiger partial charge >= 0.3 is 0 Å². The van der Waals surface area contributed by atoms with Gasteiger partial charge in [0.2, 0.25) is 0 Å². The first-order valence-electron chi connectivity index (χ1n) is 6.58. The van der Waals surface area contributed by atoms with Gasteiger partial charge in [-0.1, -0.05) is 6.07 Å². The summed E-state index contributed by atoms with van der Waals surface area (Å²) >= 11 is 1.87. The lowest BCUT2D eigenvalue weighted by atomic mass is 10.1. The minimum Gasteiger partial charge on any atom is -0.493 e. The zero-order valence-electron chi connectivity index (χ0n) is 12.6. The maximum Gasteiger partial charge on any atom is 0.161 e. The van der Waals surface area contributed by atoms with E-state index in [2.05, 4.69) is 31.5 Å². The third-order valence-electron chi connectivity index (χ3n) is 2.96. The highest BCUT2D eigenvalue weighted by atomic mass is 32.2. The van der Waals surface area contributed by atoms with Crippen molar-refractivity contribution >= 4 is 11.8 Å². The zero-order valence-corrected chi connectivity index (χ0v) is 13.4. The summed E-state index contributed by atoms with van der Waals surface area (Å²) in [6, 6.07) is 6.08. The van der Waals surface area contributed by atoms with Crippen LogP contribution in [0.25, 0.3) is 0 Å². The predicted octanol–water partition coefficient (Wildman–Crippen LogP) is 3.33. The first-order chi connectivity index (χ1) is 9.02. The molecule has 0 amide bonds. The van der Waals surface area contributed by atoms with E-state index in [1.165, 1.54) is 5.56 Å². The average Bonchev–Trinajstić information content (AvgIpc) is 2.40. The third-order valence-corrected chi connectivity index (χ3v) is 4.21. The smallest absolute Gasteiger partial charge is 0.161 e. The molecule has 19 heavy (non-hydrogen) atoms. The molecule has 1 N–H and O–H groups in total. The molecule has 0 aromatic heterocycles. The maximum atomic E-state index is 5.51. The van der Waals surface area contributed by atoms with E-state index in [0.717, 1.165) is 24.6 Å². The topological polar surface area (TPSA) is 30.5 Å². The summed E-state index contributed by atoms with van der Waals surface area (Å²) < 4.78 is 11.1. The quantitative estimate of drug-likeness (QED) is 0.793.